The van der Waals surface area contributed by atoms with Gasteiger partial charge in [-0.1, -0.05) is 29.3 Å². The zero-order valence-corrected chi connectivity index (χ0v) is 12.7. The van der Waals surface area contributed by atoms with E-state index in [0.717, 1.165) is 5.56 Å². The molecule has 3 N–H and O–H groups in total. The van der Waals surface area contributed by atoms with Gasteiger partial charge in [-0.3, -0.25) is 4.79 Å². The Balaban J connectivity index is 2.33. The summed E-state index contributed by atoms with van der Waals surface area (Å²) in [5.41, 5.74) is 1.58. The van der Waals surface area contributed by atoms with Gasteiger partial charge in [0.25, 0.3) is 5.91 Å². The molecule has 2 aromatic rings. The summed E-state index contributed by atoms with van der Waals surface area (Å²) in [6.45, 7) is 1.87. The number of nitrogens with one attached hydrogen (secondary N) is 1. The van der Waals surface area contributed by atoms with Gasteiger partial charge in [0.05, 0.1) is 15.6 Å². The van der Waals surface area contributed by atoms with Crippen molar-refractivity contribution in [3.63, 3.8) is 0 Å². The standard InChI is InChI=1S/C14H13ClN2O3S/c1-9-3-2-4-10(7-9)14(18)17-13-8-11(21(16,19)20)5-6-12(13)15/h2-8H,1H3,(H,17,18)(H2,16,19,20). The lowest BCUT2D eigenvalue weighted by Crippen LogP contribution is -2.15. The maximum Gasteiger partial charge on any atom is 0.255 e. The summed E-state index contributed by atoms with van der Waals surface area (Å²) in [7, 11) is -3.86. The highest BCUT2D eigenvalue weighted by Crippen LogP contribution is 2.25. The number of hydrogen-bond acceptors (Lipinski definition) is 3. The van der Waals surface area contributed by atoms with Crippen LogP contribution in [0.4, 0.5) is 5.69 Å². The van der Waals surface area contributed by atoms with E-state index < -0.39 is 10.0 Å². The Morgan fingerprint density at radius 2 is 1.90 bits per heavy atom. The summed E-state index contributed by atoms with van der Waals surface area (Å²) >= 11 is 5.96. The third-order valence-corrected chi connectivity index (χ3v) is 4.04. The van der Waals surface area contributed by atoms with E-state index in [0.29, 0.717) is 5.56 Å². The third-order valence-electron chi connectivity index (χ3n) is 2.79. The van der Waals surface area contributed by atoms with Gasteiger partial charge in [0.15, 0.2) is 0 Å². The van der Waals surface area contributed by atoms with Crippen molar-refractivity contribution in [2.75, 3.05) is 5.32 Å². The van der Waals surface area contributed by atoms with Crippen molar-refractivity contribution < 1.29 is 13.2 Å². The van der Waals surface area contributed by atoms with Crippen LogP contribution in [0.1, 0.15) is 15.9 Å². The van der Waals surface area contributed by atoms with Crippen LogP contribution in [0.3, 0.4) is 0 Å². The normalized spacial score (nSPS) is 11.2. The summed E-state index contributed by atoms with van der Waals surface area (Å²) in [6.07, 6.45) is 0. The molecule has 0 saturated heterocycles. The number of carbonyl (C=O) groups is 1. The quantitative estimate of drug-likeness (QED) is 0.909. The van der Waals surface area contributed by atoms with Gasteiger partial charge in [-0.25, -0.2) is 13.6 Å². The van der Waals surface area contributed by atoms with E-state index in [1.807, 2.05) is 13.0 Å². The first kappa shape index (κ1) is 15.5. The van der Waals surface area contributed by atoms with E-state index in [1.165, 1.54) is 18.2 Å². The molecule has 5 nitrogen and oxygen atoms in total. The lowest BCUT2D eigenvalue weighted by atomic mass is 10.1. The van der Waals surface area contributed by atoms with E-state index in [2.05, 4.69) is 5.32 Å². The number of anilines is 1. The number of primary sulfonamides is 1. The van der Waals surface area contributed by atoms with Crippen molar-refractivity contribution in [3.8, 4) is 0 Å². The molecule has 0 heterocycles. The fourth-order valence-corrected chi connectivity index (χ4v) is 2.46. The number of carbonyl (C=O) groups excluding carboxylic acids is 1. The van der Waals surface area contributed by atoms with Gasteiger partial charge >= 0.3 is 0 Å². The van der Waals surface area contributed by atoms with E-state index in [4.69, 9.17) is 16.7 Å². The fraction of sp³-hybridized carbons (Fsp3) is 0.0714. The molecule has 0 radical (unpaired) electrons. The molecule has 0 unspecified atom stereocenters. The van der Waals surface area contributed by atoms with Gasteiger partial charge in [0.2, 0.25) is 10.0 Å². The molecule has 0 atom stereocenters. The van der Waals surface area contributed by atoms with Gasteiger partial charge in [-0.2, -0.15) is 0 Å². The Morgan fingerprint density at radius 3 is 2.52 bits per heavy atom. The molecule has 0 aliphatic rings. The van der Waals surface area contributed by atoms with Crippen molar-refractivity contribution in [3.05, 3.63) is 58.6 Å². The van der Waals surface area contributed by atoms with Crippen LogP contribution in [0.2, 0.25) is 5.02 Å². The molecule has 2 aromatic carbocycles. The predicted octanol–water partition coefficient (Wildman–Crippen LogP) is 2.55. The summed E-state index contributed by atoms with van der Waals surface area (Å²) in [5, 5.41) is 7.85. The van der Waals surface area contributed by atoms with Gasteiger partial charge in [0.1, 0.15) is 0 Å². The Morgan fingerprint density at radius 1 is 1.19 bits per heavy atom. The molecule has 21 heavy (non-hydrogen) atoms. The molecule has 7 heteroatoms. The Hall–Kier alpha value is -1.89. The second kappa shape index (κ2) is 5.85. The van der Waals surface area contributed by atoms with Crippen molar-refractivity contribution in [2.24, 2.45) is 5.14 Å². The molecular formula is C14H13ClN2O3S. The molecule has 1 amide bonds. The van der Waals surface area contributed by atoms with Crippen LogP contribution < -0.4 is 10.5 Å². The molecule has 0 fully saturated rings. The van der Waals surface area contributed by atoms with Crippen LogP contribution in [0, 0.1) is 6.92 Å². The molecule has 0 aromatic heterocycles. The van der Waals surface area contributed by atoms with Gasteiger partial charge in [-0.15, -0.1) is 0 Å². The smallest absolute Gasteiger partial charge is 0.255 e. The van der Waals surface area contributed by atoms with Crippen LogP contribution in [0.5, 0.6) is 0 Å². The minimum atomic E-state index is -3.86. The monoisotopic (exact) mass is 324 g/mol. The fourth-order valence-electron chi connectivity index (χ4n) is 1.76. The number of halogens is 1. The summed E-state index contributed by atoms with van der Waals surface area (Å²) < 4.78 is 22.6. The second-order valence-corrected chi connectivity index (χ2v) is 6.48. The zero-order chi connectivity index (χ0) is 15.6. The highest BCUT2D eigenvalue weighted by molar-refractivity contribution is 7.89. The Kier molecular flexibility index (Phi) is 4.32. The third kappa shape index (κ3) is 3.81. The molecule has 0 saturated carbocycles. The molecule has 0 bridgehead atoms. The number of sulfonamides is 1. The second-order valence-electron chi connectivity index (χ2n) is 4.51. The minimum absolute atomic E-state index is 0.119. The van der Waals surface area contributed by atoms with Crippen LogP contribution in [0.25, 0.3) is 0 Å². The highest BCUT2D eigenvalue weighted by Gasteiger charge is 2.13. The van der Waals surface area contributed by atoms with E-state index >= 15 is 0 Å². The first-order chi connectivity index (χ1) is 9.77. The molecule has 0 aliphatic heterocycles. The molecule has 0 spiro atoms. The number of benzene rings is 2. The summed E-state index contributed by atoms with van der Waals surface area (Å²) in [6, 6.07) is 10.9. The molecular weight excluding hydrogens is 312 g/mol. The average molecular weight is 325 g/mol. The number of aryl methyl sites for hydroxylation is 1. The van der Waals surface area contributed by atoms with Crippen LogP contribution >= 0.6 is 11.6 Å². The maximum absolute atomic E-state index is 12.1. The van der Waals surface area contributed by atoms with Crippen molar-refractivity contribution in [1.82, 2.24) is 0 Å². The molecule has 110 valence electrons. The first-order valence-corrected chi connectivity index (χ1v) is 7.90. The summed E-state index contributed by atoms with van der Waals surface area (Å²) in [5.74, 6) is -0.382. The van der Waals surface area contributed by atoms with Crippen molar-refractivity contribution in [2.45, 2.75) is 11.8 Å². The zero-order valence-electron chi connectivity index (χ0n) is 11.1. The number of hydrogen-bond donors (Lipinski definition) is 2. The lowest BCUT2D eigenvalue weighted by molar-refractivity contribution is 0.102. The van der Waals surface area contributed by atoms with Gasteiger partial charge in [-0.05, 0) is 37.3 Å². The van der Waals surface area contributed by atoms with Crippen LogP contribution in [-0.4, -0.2) is 14.3 Å². The van der Waals surface area contributed by atoms with Gasteiger partial charge in [0, 0.05) is 5.56 Å². The Labute approximate surface area is 127 Å². The Bertz CT molecular complexity index is 804. The highest BCUT2D eigenvalue weighted by atomic mass is 35.5. The largest absolute Gasteiger partial charge is 0.321 e. The van der Waals surface area contributed by atoms with Crippen molar-refractivity contribution in [1.29, 1.82) is 0 Å². The molecule has 0 aliphatic carbocycles. The topological polar surface area (TPSA) is 89.3 Å². The maximum atomic E-state index is 12.1. The predicted molar refractivity (Wildman–Crippen MR) is 82.0 cm³/mol. The summed E-state index contributed by atoms with van der Waals surface area (Å²) in [4.78, 5) is 12.0. The first-order valence-electron chi connectivity index (χ1n) is 5.98. The number of amides is 1. The number of nitrogens with two attached hydrogens (primary N) is 1. The number of rotatable bonds is 3. The minimum Gasteiger partial charge on any atom is -0.321 e. The average Bonchev–Trinajstić information content (AvgIpc) is 2.40. The van der Waals surface area contributed by atoms with E-state index in [-0.39, 0.29) is 21.5 Å². The SMILES string of the molecule is Cc1cccc(C(=O)Nc2cc(S(N)(=O)=O)ccc2Cl)c1. The van der Waals surface area contributed by atoms with E-state index in [9.17, 15) is 13.2 Å². The molecule has 2 rings (SSSR count). The van der Waals surface area contributed by atoms with Crippen LogP contribution in [0.15, 0.2) is 47.4 Å². The lowest BCUT2D eigenvalue weighted by Gasteiger charge is -2.09. The van der Waals surface area contributed by atoms with Gasteiger partial charge < -0.3 is 5.32 Å². The van der Waals surface area contributed by atoms with Crippen LogP contribution in [-0.2, 0) is 10.0 Å². The van der Waals surface area contributed by atoms with E-state index in [1.54, 1.807) is 18.2 Å². The van der Waals surface area contributed by atoms with Crippen molar-refractivity contribution >= 4 is 33.2 Å².